The lowest BCUT2D eigenvalue weighted by Gasteiger charge is -2.12. The van der Waals surface area contributed by atoms with Gasteiger partial charge in [-0.05, 0) is 31.2 Å². The quantitative estimate of drug-likeness (QED) is 0.531. The van der Waals surface area contributed by atoms with E-state index in [0.717, 1.165) is 16.6 Å². The van der Waals surface area contributed by atoms with Crippen LogP contribution in [0.4, 0.5) is 17.2 Å². The second-order valence-corrected chi connectivity index (χ2v) is 6.35. The molecule has 4 aromatic rings. The average Bonchev–Trinajstić information content (AvgIpc) is 2.74. The van der Waals surface area contributed by atoms with Crippen LogP contribution in [0, 0.1) is 6.92 Å². The minimum Gasteiger partial charge on any atom is -0.495 e. The number of ether oxygens (including phenoxy) is 1. The number of pyridine rings is 1. The van der Waals surface area contributed by atoms with Crippen molar-refractivity contribution in [2.75, 3.05) is 17.7 Å². The molecule has 0 atom stereocenters. The van der Waals surface area contributed by atoms with Gasteiger partial charge in [0.25, 0.3) is 5.91 Å². The average molecular weight is 385 g/mol. The van der Waals surface area contributed by atoms with Crippen molar-refractivity contribution in [2.24, 2.45) is 0 Å². The first-order valence-electron chi connectivity index (χ1n) is 9.05. The molecule has 2 heterocycles. The second-order valence-electron chi connectivity index (χ2n) is 6.35. The van der Waals surface area contributed by atoms with E-state index in [9.17, 15) is 4.79 Å². The van der Waals surface area contributed by atoms with Gasteiger partial charge in [0.1, 0.15) is 23.1 Å². The van der Waals surface area contributed by atoms with Crippen molar-refractivity contribution in [2.45, 2.75) is 6.92 Å². The zero-order chi connectivity index (χ0) is 20.2. The van der Waals surface area contributed by atoms with Crippen molar-refractivity contribution in [1.82, 2.24) is 15.0 Å². The van der Waals surface area contributed by atoms with Crippen LogP contribution < -0.4 is 15.4 Å². The smallest absolute Gasteiger partial charge is 0.274 e. The Kier molecular flexibility index (Phi) is 5.03. The molecule has 0 aliphatic rings. The van der Waals surface area contributed by atoms with Gasteiger partial charge in [-0.2, -0.15) is 0 Å². The summed E-state index contributed by atoms with van der Waals surface area (Å²) in [5, 5.41) is 7.09. The van der Waals surface area contributed by atoms with Crippen LogP contribution in [0.5, 0.6) is 5.75 Å². The third-order valence-electron chi connectivity index (χ3n) is 4.32. The van der Waals surface area contributed by atoms with Crippen LogP contribution in [0.15, 0.2) is 66.9 Å². The van der Waals surface area contributed by atoms with Crippen LogP contribution >= 0.6 is 0 Å². The van der Waals surface area contributed by atoms with E-state index in [-0.39, 0.29) is 11.6 Å². The van der Waals surface area contributed by atoms with Crippen molar-refractivity contribution < 1.29 is 9.53 Å². The van der Waals surface area contributed by atoms with Crippen LogP contribution in [0.2, 0.25) is 0 Å². The Balaban J connectivity index is 1.63. The van der Waals surface area contributed by atoms with Crippen molar-refractivity contribution >= 4 is 34.0 Å². The Morgan fingerprint density at radius 1 is 0.966 bits per heavy atom. The molecule has 4 rings (SSSR count). The number of aromatic nitrogens is 3. The first-order chi connectivity index (χ1) is 14.1. The molecule has 7 heteroatoms. The van der Waals surface area contributed by atoms with Crippen molar-refractivity contribution in [3.8, 4) is 5.75 Å². The number of anilines is 3. The van der Waals surface area contributed by atoms with Gasteiger partial charge in [-0.1, -0.05) is 30.3 Å². The first-order valence-corrected chi connectivity index (χ1v) is 9.05. The number of fused-ring (bicyclic) bond motifs is 1. The SMILES string of the molecule is COc1ccccc1NC(=O)c1cc(Nc2cccc3cccnc23)nc(C)n1. The molecule has 0 bridgehead atoms. The molecule has 2 N–H and O–H groups in total. The van der Waals surface area contributed by atoms with Gasteiger partial charge in [0.15, 0.2) is 0 Å². The number of methoxy groups -OCH3 is 1. The number of aryl methyl sites for hydroxylation is 1. The molecule has 1 amide bonds. The first kappa shape index (κ1) is 18.4. The number of carbonyl (C=O) groups excluding carboxylic acids is 1. The Morgan fingerprint density at radius 3 is 2.62 bits per heavy atom. The van der Waals surface area contributed by atoms with E-state index >= 15 is 0 Å². The number of hydrogen-bond acceptors (Lipinski definition) is 6. The zero-order valence-electron chi connectivity index (χ0n) is 16.0. The fourth-order valence-electron chi connectivity index (χ4n) is 3.03. The van der Waals surface area contributed by atoms with E-state index in [1.165, 1.54) is 0 Å². The lowest BCUT2D eigenvalue weighted by atomic mass is 10.2. The topological polar surface area (TPSA) is 89.0 Å². The normalized spacial score (nSPS) is 10.6. The predicted molar refractivity (Wildman–Crippen MR) is 113 cm³/mol. The Bertz CT molecular complexity index is 1190. The summed E-state index contributed by atoms with van der Waals surface area (Å²) in [5.74, 6) is 1.22. The molecule has 2 aromatic carbocycles. The molecule has 0 aliphatic heterocycles. The Labute approximate surface area is 167 Å². The summed E-state index contributed by atoms with van der Waals surface area (Å²) >= 11 is 0. The van der Waals surface area contributed by atoms with Crippen molar-refractivity contribution in [1.29, 1.82) is 0 Å². The van der Waals surface area contributed by atoms with Gasteiger partial charge >= 0.3 is 0 Å². The minimum atomic E-state index is -0.348. The number of benzene rings is 2. The Morgan fingerprint density at radius 2 is 1.76 bits per heavy atom. The van der Waals surface area contributed by atoms with Gasteiger partial charge in [-0.25, -0.2) is 9.97 Å². The summed E-state index contributed by atoms with van der Waals surface area (Å²) < 4.78 is 5.28. The summed E-state index contributed by atoms with van der Waals surface area (Å²) in [5.41, 5.74) is 2.45. The van der Waals surface area contributed by atoms with Gasteiger partial charge < -0.3 is 15.4 Å². The van der Waals surface area contributed by atoms with Crippen LogP contribution in [0.3, 0.4) is 0 Å². The van der Waals surface area contributed by atoms with Gasteiger partial charge in [-0.3, -0.25) is 9.78 Å². The maximum absolute atomic E-state index is 12.8. The third-order valence-corrected chi connectivity index (χ3v) is 4.32. The molecule has 2 aromatic heterocycles. The molecule has 0 saturated heterocycles. The van der Waals surface area contributed by atoms with Crippen LogP contribution in [-0.2, 0) is 0 Å². The largest absolute Gasteiger partial charge is 0.495 e. The molecule has 0 saturated carbocycles. The van der Waals surface area contributed by atoms with E-state index in [1.54, 1.807) is 38.4 Å². The molecule has 0 aliphatic carbocycles. The van der Waals surface area contributed by atoms with Gasteiger partial charge in [-0.15, -0.1) is 0 Å². The van der Waals surface area contributed by atoms with Crippen molar-refractivity contribution in [3.05, 3.63) is 78.4 Å². The third kappa shape index (κ3) is 3.98. The molecule has 0 fully saturated rings. The number of para-hydroxylation sites is 3. The minimum absolute atomic E-state index is 0.249. The number of nitrogens with one attached hydrogen (secondary N) is 2. The molecular formula is C22H19N5O2. The zero-order valence-corrected chi connectivity index (χ0v) is 16.0. The van der Waals surface area contributed by atoms with Crippen LogP contribution in [0.1, 0.15) is 16.3 Å². The standard InChI is InChI=1S/C22H19N5O2/c1-14-24-18(22(28)27-16-9-3-4-11-19(16)29-2)13-20(25-14)26-17-10-5-7-15-8-6-12-23-21(15)17/h3-13H,1-2H3,(H,27,28)(H,24,25,26). The highest BCUT2D eigenvalue weighted by Gasteiger charge is 2.14. The Hall–Kier alpha value is -4.00. The van der Waals surface area contributed by atoms with Crippen LogP contribution in [0.25, 0.3) is 10.9 Å². The van der Waals surface area contributed by atoms with Gasteiger partial charge in [0, 0.05) is 17.6 Å². The maximum atomic E-state index is 12.8. The summed E-state index contributed by atoms with van der Waals surface area (Å²) in [6, 6.07) is 18.5. The van der Waals surface area contributed by atoms with E-state index in [1.807, 2.05) is 42.5 Å². The van der Waals surface area contributed by atoms with E-state index in [2.05, 4.69) is 25.6 Å². The highest BCUT2D eigenvalue weighted by molar-refractivity contribution is 6.04. The van der Waals surface area contributed by atoms with Crippen LogP contribution in [-0.4, -0.2) is 28.0 Å². The number of carbonyl (C=O) groups is 1. The van der Waals surface area contributed by atoms with Gasteiger partial charge in [0.05, 0.1) is 24.0 Å². The number of hydrogen-bond donors (Lipinski definition) is 2. The second kappa shape index (κ2) is 7.93. The fourth-order valence-corrected chi connectivity index (χ4v) is 3.03. The van der Waals surface area contributed by atoms with E-state index in [4.69, 9.17) is 4.74 Å². The lowest BCUT2D eigenvalue weighted by molar-refractivity contribution is 0.102. The molecular weight excluding hydrogens is 366 g/mol. The highest BCUT2D eigenvalue weighted by atomic mass is 16.5. The molecule has 0 radical (unpaired) electrons. The molecule has 0 unspecified atom stereocenters. The molecule has 144 valence electrons. The molecule has 0 spiro atoms. The summed E-state index contributed by atoms with van der Waals surface area (Å²) in [6.45, 7) is 1.74. The number of rotatable bonds is 5. The predicted octanol–water partition coefficient (Wildman–Crippen LogP) is 4.34. The summed E-state index contributed by atoms with van der Waals surface area (Å²) in [7, 11) is 1.56. The molecule has 29 heavy (non-hydrogen) atoms. The lowest BCUT2D eigenvalue weighted by Crippen LogP contribution is -2.16. The maximum Gasteiger partial charge on any atom is 0.274 e. The number of nitrogens with zero attached hydrogens (tertiary/aromatic N) is 3. The monoisotopic (exact) mass is 385 g/mol. The molecule has 7 nitrogen and oxygen atoms in total. The number of amides is 1. The van der Waals surface area contributed by atoms with Crippen molar-refractivity contribution in [3.63, 3.8) is 0 Å². The van der Waals surface area contributed by atoms with Gasteiger partial charge in [0.2, 0.25) is 0 Å². The highest BCUT2D eigenvalue weighted by Crippen LogP contribution is 2.25. The van der Waals surface area contributed by atoms with E-state index in [0.29, 0.717) is 23.1 Å². The van der Waals surface area contributed by atoms with E-state index < -0.39 is 0 Å². The summed E-state index contributed by atoms with van der Waals surface area (Å²) in [6.07, 6.45) is 1.74. The summed E-state index contributed by atoms with van der Waals surface area (Å²) in [4.78, 5) is 25.9. The fraction of sp³-hybridized carbons (Fsp3) is 0.0909.